The number of hydrogen-bond acceptors (Lipinski definition) is 10. The fourth-order valence-electron chi connectivity index (χ4n) is 2.49. The lowest BCUT2D eigenvalue weighted by atomic mass is 10.3. The van der Waals surface area contributed by atoms with Crippen molar-refractivity contribution in [3.05, 3.63) is 48.5 Å². The summed E-state index contributed by atoms with van der Waals surface area (Å²) in [6.07, 6.45) is 0. The lowest BCUT2D eigenvalue weighted by Gasteiger charge is -2.21. The average molecular weight is 492 g/mol. The van der Waals surface area contributed by atoms with E-state index in [-0.39, 0.29) is 36.9 Å². The Bertz CT molecular complexity index is 1060. The summed E-state index contributed by atoms with van der Waals surface area (Å²) in [6.45, 7) is 0.175. The van der Waals surface area contributed by atoms with Gasteiger partial charge in [-0.2, -0.15) is 12.8 Å². The fraction of sp³-hybridized carbons (Fsp3) is 0.333. The van der Waals surface area contributed by atoms with Crippen LogP contribution in [0.5, 0.6) is 0 Å². The topological polar surface area (TPSA) is 162 Å². The maximum Gasteiger partial charge on any atom is 0.266 e. The SMILES string of the molecule is Nc1cccc(SOOCCN(CCS(=O)(=O)O)CCS(=O)(=O)c2cccc(N)c2)c1. The van der Waals surface area contributed by atoms with Gasteiger partial charge in [0.1, 0.15) is 0 Å². The van der Waals surface area contributed by atoms with E-state index in [1.807, 2.05) is 0 Å². The number of anilines is 2. The van der Waals surface area contributed by atoms with Gasteiger partial charge >= 0.3 is 0 Å². The molecule has 10 nitrogen and oxygen atoms in total. The lowest BCUT2D eigenvalue weighted by Crippen LogP contribution is -2.36. The molecule has 2 aromatic rings. The first-order valence-corrected chi connectivity index (χ1v) is 13.1. The number of nitrogen functional groups attached to an aromatic ring is 2. The number of hydrogen-bond donors (Lipinski definition) is 3. The van der Waals surface area contributed by atoms with Gasteiger partial charge in [0.05, 0.1) is 35.1 Å². The Hall–Kier alpha value is -1.87. The van der Waals surface area contributed by atoms with Crippen molar-refractivity contribution < 1.29 is 30.6 Å². The van der Waals surface area contributed by atoms with Gasteiger partial charge < -0.3 is 11.5 Å². The van der Waals surface area contributed by atoms with E-state index in [0.717, 1.165) is 16.9 Å². The summed E-state index contributed by atoms with van der Waals surface area (Å²) >= 11 is 0.956. The molecule has 0 aliphatic carbocycles. The molecule has 0 heterocycles. The van der Waals surface area contributed by atoms with Crippen molar-refractivity contribution in [1.29, 1.82) is 0 Å². The Kier molecular flexibility index (Phi) is 9.55. The third-order valence-corrected chi connectivity index (χ3v) is 7.09. The van der Waals surface area contributed by atoms with Crippen molar-refractivity contribution in [2.75, 3.05) is 49.2 Å². The number of nitrogens with two attached hydrogens (primary N) is 2. The van der Waals surface area contributed by atoms with Crippen LogP contribution >= 0.6 is 12.0 Å². The summed E-state index contributed by atoms with van der Waals surface area (Å²) in [4.78, 5) is 7.44. The zero-order valence-corrected chi connectivity index (χ0v) is 19.0. The molecule has 0 saturated heterocycles. The van der Waals surface area contributed by atoms with Crippen molar-refractivity contribution in [3.63, 3.8) is 0 Å². The van der Waals surface area contributed by atoms with Gasteiger partial charge in [-0.25, -0.2) is 13.3 Å². The predicted octanol–water partition coefficient (Wildman–Crippen LogP) is 1.47. The van der Waals surface area contributed by atoms with Crippen LogP contribution in [0.1, 0.15) is 0 Å². The predicted molar refractivity (Wildman–Crippen MR) is 120 cm³/mol. The highest BCUT2D eigenvalue weighted by Gasteiger charge is 2.18. The van der Waals surface area contributed by atoms with E-state index >= 15 is 0 Å². The Morgan fingerprint density at radius 3 is 2.19 bits per heavy atom. The minimum atomic E-state index is -4.20. The Morgan fingerprint density at radius 2 is 1.55 bits per heavy atom. The second kappa shape index (κ2) is 11.7. The normalized spacial score (nSPS) is 12.3. The molecule has 31 heavy (non-hydrogen) atoms. The minimum Gasteiger partial charge on any atom is -0.399 e. The molecule has 0 spiro atoms. The molecule has 0 fully saturated rings. The summed E-state index contributed by atoms with van der Waals surface area (Å²) in [6, 6.07) is 12.9. The van der Waals surface area contributed by atoms with Gasteiger partial charge in [0, 0.05) is 35.9 Å². The van der Waals surface area contributed by atoms with Gasteiger partial charge in [0.15, 0.2) is 9.84 Å². The Balaban J connectivity index is 1.87. The largest absolute Gasteiger partial charge is 0.399 e. The van der Waals surface area contributed by atoms with Crippen molar-refractivity contribution in [1.82, 2.24) is 4.90 Å². The number of rotatable bonds is 13. The average Bonchev–Trinajstić information content (AvgIpc) is 2.68. The molecule has 13 heteroatoms. The van der Waals surface area contributed by atoms with Crippen LogP contribution < -0.4 is 11.5 Å². The molecular weight excluding hydrogens is 466 g/mol. The molecule has 5 N–H and O–H groups in total. The van der Waals surface area contributed by atoms with E-state index < -0.39 is 25.7 Å². The molecule has 2 aromatic carbocycles. The summed E-state index contributed by atoms with van der Waals surface area (Å²) < 4.78 is 61.3. The van der Waals surface area contributed by atoms with Crippen LogP contribution in [-0.2, 0) is 29.2 Å². The smallest absolute Gasteiger partial charge is 0.266 e. The van der Waals surface area contributed by atoms with Gasteiger partial charge in [-0.05, 0) is 36.4 Å². The molecule has 0 unspecified atom stereocenters. The quantitative estimate of drug-likeness (QED) is 0.0928. The third kappa shape index (κ3) is 9.86. The van der Waals surface area contributed by atoms with E-state index in [1.165, 1.54) is 12.1 Å². The molecule has 0 bridgehead atoms. The molecule has 0 atom stereocenters. The first-order valence-electron chi connectivity index (χ1n) is 9.13. The second-order valence-electron chi connectivity index (χ2n) is 6.56. The maximum absolute atomic E-state index is 12.5. The first-order chi connectivity index (χ1) is 14.5. The van der Waals surface area contributed by atoms with Crippen molar-refractivity contribution in [2.45, 2.75) is 9.79 Å². The molecule has 0 amide bonds. The monoisotopic (exact) mass is 491 g/mol. The molecule has 172 valence electrons. The van der Waals surface area contributed by atoms with Crippen molar-refractivity contribution in [2.24, 2.45) is 0 Å². The van der Waals surface area contributed by atoms with E-state index in [4.69, 9.17) is 25.2 Å². The van der Waals surface area contributed by atoms with Gasteiger partial charge in [0.2, 0.25) is 0 Å². The zero-order valence-electron chi connectivity index (χ0n) is 16.6. The molecular formula is C18H25N3O7S3. The maximum atomic E-state index is 12.5. The van der Waals surface area contributed by atoms with E-state index in [9.17, 15) is 16.8 Å². The van der Waals surface area contributed by atoms with Crippen LogP contribution in [0.25, 0.3) is 0 Å². The molecule has 0 saturated carbocycles. The fourth-order valence-corrected chi connectivity index (χ4v) is 4.82. The van der Waals surface area contributed by atoms with Crippen molar-refractivity contribution in [3.8, 4) is 0 Å². The van der Waals surface area contributed by atoms with Crippen LogP contribution in [0.3, 0.4) is 0 Å². The molecule has 0 radical (unpaired) electrons. The Labute approximate surface area is 186 Å². The van der Waals surface area contributed by atoms with Crippen LogP contribution in [-0.4, -0.2) is 64.0 Å². The highest BCUT2D eigenvalue weighted by atomic mass is 32.2. The second-order valence-corrected chi connectivity index (χ2v) is 11.0. The molecule has 2 rings (SSSR count). The standard InChI is InChI=1S/C18H25N3O7S3/c19-15-3-1-5-17(13-15)29-28-27-10-7-21(9-12-31(24,25)26)8-11-30(22,23)18-6-2-4-16(20)14-18/h1-6,13-14H,7-12,19-20H2,(H,24,25,26). The van der Waals surface area contributed by atoms with Gasteiger partial charge in [-0.3, -0.25) is 9.45 Å². The van der Waals surface area contributed by atoms with Crippen LogP contribution in [0.4, 0.5) is 11.4 Å². The van der Waals surface area contributed by atoms with Crippen molar-refractivity contribution >= 4 is 43.4 Å². The zero-order chi connectivity index (χ0) is 22.9. The van der Waals surface area contributed by atoms with Gasteiger partial charge in [0.25, 0.3) is 10.1 Å². The van der Waals surface area contributed by atoms with E-state index in [1.54, 1.807) is 41.3 Å². The van der Waals surface area contributed by atoms with Gasteiger partial charge in [-0.15, -0.1) is 0 Å². The highest BCUT2D eigenvalue weighted by molar-refractivity contribution is 7.94. The van der Waals surface area contributed by atoms with E-state index in [2.05, 4.69) is 0 Å². The number of benzene rings is 2. The third-order valence-electron chi connectivity index (χ3n) is 4.09. The number of sulfone groups is 1. The van der Waals surface area contributed by atoms with Crippen LogP contribution in [0.2, 0.25) is 0 Å². The van der Waals surface area contributed by atoms with E-state index in [0.29, 0.717) is 11.4 Å². The molecule has 0 aliphatic rings. The highest BCUT2D eigenvalue weighted by Crippen LogP contribution is 2.21. The van der Waals surface area contributed by atoms with Gasteiger partial charge in [-0.1, -0.05) is 12.1 Å². The number of nitrogens with zero attached hydrogens (tertiary/aromatic N) is 1. The lowest BCUT2D eigenvalue weighted by molar-refractivity contribution is -0.193. The first kappa shape index (κ1) is 25.4. The molecule has 0 aromatic heterocycles. The Morgan fingerprint density at radius 1 is 0.903 bits per heavy atom. The summed E-state index contributed by atoms with van der Waals surface area (Å²) in [5.74, 6) is -0.801. The summed E-state index contributed by atoms with van der Waals surface area (Å²) in [7, 11) is -7.83. The minimum absolute atomic E-state index is 0.0262. The van der Waals surface area contributed by atoms with Crippen LogP contribution in [0, 0.1) is 0 Å². The summed E-state index contributed by atoms with van der Waals surface area (Å²) in [5.41, 5.74) is 12.2. The van der Waals surface area contributed by atoms with Crippen LogP contribution in [0.15, 0.2) is 58.3 Å². The summed E-state index contributed by atoms with van der Waals surface area (Å²) in [5, 5.41) is 0. The molecule has 0 aliphatic heterocycles.